The van der Waals surface area contributed by atoms with Crippen molar-refractivity contribution in [2.45, 2.75) is 6.92 Å². The molecule has 5 nitrogen and oxygen atoms in total. The van der Waals surface area contributed by atoms with Gasteiger partial charge in [0, 0.05) is 18.8 Å². The summed E-state index contributed by atoms with van der Waals surface area (Å²) in [6.45, 7) is 2.57. The molecule has 2 amide bonds. The average molecular weight is 233 g/mol. The Morgan fingerprint density at radius 1 is 1.59 bits per heavy atom. The summed E-state index contributed by atoms with van der Waals surface area (Å²) in [6, 6.07) is 8.41. The van der Waals surface area contributed by atoms with Crippen molar-refractivity contribution in [1.82, 2.24) is 4.90 Å². The number of rotatable bonds is 4. The van der Waals surface area contributed by atoms with Crippen LogP contribution in [0.5, 0.6) is 0 Å². The molecule has 1 rings (SSSR count). The summed E-state index contributed by atoms with van der Waals surface area (Å²) in [5.41, 5.74) is 1.07. The van der Waals surface area contributed by atoms with E-state index in [-0.39, 0.29) is 12.6 Å². The number of nitrogens with one attached hydrogen (secondary N) is 1. The Morgan fingerprint density at radius 2 is 2.35 bits per heavy atom. The van der Waals surface area contributed by atoms with E-state index in [9.17, 15) is 4.79 Å². The Balaban J connectivity index is 2.70. The molecule has 0 fully saturated rings. The first-order valence-corrected chi connectivity index (χ1v) is 5.38. The van der Waals surface area contributed by atoms with E-state index in [4.69, 9.17) is 10.4 Å². The lowest BCUT2D eigenvalue weighted by atomic mass is 10.2. The zero-order valence-electron chi connectivity index (χ0n) is 9.68. The minimum atomic E-state index is -0.281. The van der Waals surface area contributed by atoms with E-state index >= 15 is 0 Å². The van der Waals surface area contributed by atoms with Crippen LogP contribution in [0.3, 0.4) is 0 Å². The highest BCUT2D eigenvalue weighted by molar-refractivity contribution is 5.89. The van der Waals surface area contributed by atoms with E-state index in [1.54, 1.807) is 24.3 Å². The van der Waals surface area contributed by atoms with Crippen LogP contribution in [0.25, 0.3) is 0 Å². The maximum Gasteiger partial charge on any atom is 0.321 e. The smallest absolute Gasteiger partial charge is 0.321 e. The number of hydrogen-bond acceptors (Lipinski definition) is 3. The number of amides is 2. The van der Waals surface area contributed by atoms with Crippen LogP contribution in [-0.4, -0.2) is 35.7 Å². The second-order valence-corrected chi connectivity index (χ2v) is 3.43. The molecule has 0 spiro atoms. The molecule has 90 valence electrons. The van der Waals surface area contributed by atoms with Crippen molar-refractivity contribution in [2.75, 3.05) is 25.0 Å². The quantitative estimate of drug-likeness (QED) is 0.825. The highest BCUT2D eigenvalue weighted by Crippen LogP contribution is 2.10. The van der Waals surface area contributed by atoms with Crippen LogP contribution in [0.2, 0.25) is 0 Å². The van der Waals surface area contributed by atoms with Crippen LogP contribution in [0.15, 0.2) is 24.3 Å². The Morgan fingerprint density at radius 3 is 2.94 bits per heavy atom. The molecule has 0 saturated heterocycles. The molecular weight excluding hydrogens is 218 g/mol. The summed E-state index contributed by atoms with van der Waals surface area (Å²) >= 11 is 0. The van der Waals surface area contributed by atoms with Crippen molar-refractivity contribution in [3.05, 3.63) is 29.8 Å². The van der Waals surface area contributed by atoms with Crippen molar-refractivity contribution < 1.29 is 9.90 Å². The number of nitriles is 1. The molecule has 0 radical (unpaired) electrons. The van der Waals surface area contributed by atoms with Crippen molar-refractivity contribution in [3.63, 3.8) is 0 Å². The maximum absolute atomic E-state index is 11.8. The van der Waals surface area contributed by atoms with Crippen LogP contribution in [0.1, 0.15) is 12.5 Å². The van der Waals surface area contributed by atoms with Crippen LogP contribution in [0.4, 0.5) is 10.5 Å². The monoisotopic (exact) mass is 233 g/mol. The van der Waals surface area contributed by atoms with Gasteiger partial charge in [0.15, 0.2) is 0 Å². The predicted molar refractivity (Wildman–Crippen MR) is 64.5 cm³/mol. The van der Waals surface area contributed by atoms with Crippen LogP contribution >= 0.6 is 0 Å². The third kappa shape index (κ3) is 3.78. The molecule has 0 saturated carbocycles. The van der Waals surface area contributed by atoms with E-state index in [1.807, 2.05) is 13.0 Å². The number of carbonyl (C=O) groups excluding carboxylic acids is 1. The van der Waals surface area contributed by atoms with Crippen molar-refractivity contribution in [2.24, 2.45) is 0 Å². The van der Waals surface area contributed by atoms with Gasteiger partial charge in [-0.05, 0) is 25.1 Å². The van der Waals surface area contributed by atoms with Gasteiger partial charge in [-0.1, -0.05) is 6.07 Å². The molecule has 0 bridgehead atoms. The number of aliphatic hydroxyl groups is 1. The third-order valence-electron chi connectivity index (χ3n) is 2.28. The molecule has 0 aliphatic heterocycles. The highest BCUT2D eigenvalue weighted by Gasteiger charge is 2.10. The predicted octanol–water partition coefficient (Wildman–Crippen LogP) is 1.40. The SMILES string of the molecule is CCN(CCO)C(=O)Nc1cccc(C#N)c1. The average Bonchev–Trinajstić information content (AvgIpc) is 2.36. The van der Waals surface area contributed by atoms with Crippen molar-refractivity contribution >= 4 is 11.7 Å². The van der Waals surface area contributed by atoms with Crippen LogP contribution < -0.4 is 5.32 Å². The van der Waals surface area contributed by atoms with Crippen LogP contribution in [-0.2, 0) is 0 Å². The Labute approximate surface area is 100 Å². The number of hydrogen-bond donors (Lipinski definition) is 2. The summed E-state index contributed by atoms with van der Waals surface area (Å²) in [7, 11) is 0. The largest absolute Gasteiger partial charge is 0.395 e. The van der Waals surface area contributed by atoms with Gasteiger partial charge in [0.05, 0.1) is 18.2 Å². The number of aliphatic hydroxyl groups excluding tert-OH is 1. The number of benzene rings is 1. The fourth-order valence-electron chi connectivity index (χ4n) is 1.39. The number of urea groups is 1. The summed E-state index contributed by atoms with van der Waals surface area (Å²) in [5.74, 6) is 0. The second-order valence-electron chi connectivity index (χ2n) is 3.43. The lowest BCUT2D eigenvalue weighted by molar-refractivity contribution is 0.192. The lowest BCUT2D eigenvalue weighted by Gasteiger charge is -2.20. The molecule has 0 aromatic heterocycles. The molecule has 0 atom stereocenters. The first-order valence-electron chi connectivity index (χ1n) is 5.38. The Bertz CT molecular complexity index is 426. The van der Waals surface area contributed by atoms with Gasteiger partial charge in [-0.3, -0.25) is 0 Å². The molecule has 1 aromatic carbocycles. The van der Waals surface area contributed by atoms with Gasteiger partial charge >= 0.3 is 6.03 Å². The molecule has 17 heavy (non-hydrogen) atoms. The van der Waals surface area contributed by atoms with E-state index in [0.717, 1.165) is 0 Å². The molecule has 2 N–H and O–H groups in total. The summed E-state index contributed by atoms with van der Waals surface area (Å²) in [4.78, 5) is 13.2. The lowest BCUT2D eigenvalue weighted by Crippen LogP contribution is -2.36. The number of nitrogens with zero attached hydrogens (tertiary/aromatic N) is 2. The molecular formula is C12H15N3O2. The fraction of sp³-hybridized carbons (Fsp3) is 0.333. The molecule has 0 aliphatic rings. The normalized spacial score (nSPS) is 9.47. The van der Waals surface area contributed by atoms with Gasteiger partial charge in [-0.15, -0.1) is 0 Å². The molecule has 0 aliphatic carbocycles. The minimum Gasteiger partial charge on any atom is -0.395 e. The van der Waals surface area contributed by atoms with Gasteiger partial charge in [-0.2, -0.15) is 5.26 Å². The van der Waals surface area contributed by atoms with E-state index < -0.39 is 0 Å². The van der Waals surface area contributed by atoms with Gasteiger partial charge in [-0.25, -0.2) is 4.79 Å². The zero-order chi connectivity index (χ0) is 12.7. The Kier molecular flexibility index (Phi) is 4.98. The van der Waals surface area contributed by atoms with E-state index in [1.165, 1.54) is 4.90 Å². The fourth-order valence-corrected chi connectivity index (χ4v) is 1.39. The van der Waals surface area contributed by atoms with Crippen LogP contribution in [0, 0.1) is 11.3 Å². The van der Waals surface area contributed by atoms with Gasteiger partial charge in [0.1, 0.15) is 0 Å². The van der Waals surface area contributed by atoms with Gasteiger partial charge < -0.3 is 15.3 Å². The third-order valence-corrected chi connectivity index (χ3v) is 2.28. The molecule has 0 heterocycles. The van der Waals surface area contributed by atoms with Crippen molar-refractivity contribution in [1.29, 1.82) is 5.26 Å². The maximum atomic E-state index is 11.8. The zero-order valence-corrected chi connectivity index (χ0v) is 9.68. The molecule has 5 heteroatoms. The Hall–Kier alpha value is -2.06. The first kappa shape index (κ1) is 13.0. The summed E-state index contributed by atoms with van der Waals surface area (Å²) in [6.07, 6.45) is 0. The summed E-state index contributed by atoms with van der Waals surface area (Å²) < 4.78 is 0. The highest BCUT2D eigenvalue weighted by atomic mass is 16.3. The number of likely N-dealkylation sites (N-methyl/N-ethyl adjacent to an activating group) is 1. The summed E-state index contributed by atoms with van der Waals surface area (Å²) in [5, 5.41) is 20.2. The first-order chi connectivity index (χ1) is 8.21. The van der Waals surface area contributed by atoms with Gasteiger partial charge in [0.25, 0.3) is 0 Å². The topological polar surface area (TPSA) is 76.4 Å². The number of anilines is 1. The molecule has 0 unspecified atom stereocenters. The second kappa shape index (κ2) is 6.51. The van der Waals surface area contributed by atoms with E-state index in [2.05, 4.69) is 5.32 Å². The van der Waals surface area contributed by atoms with Gasteiger partial charge in [0.2, 0.25) is 0 Å². The van der Waals surface area contributed by atoms with Crippen molar-refractivity contribution in [3.8, 4) is 6.07 Å². The van der Waals surface area contributed by atoms with E-state index in [0.29, 0.717) is 24.3 Å². The standard InChI is InChI=1S/C12H15N3O2/c1-2-15(6-7-16)12(17)14-11-5-3-4-10(8-11)9-13/h3-5,8,16H,2,6-7H2,1H3,(H,14,17). The minimum absolute atomic E-state index is 0.0699. The molecule has 1 aromatic rings. The number of carbonyl (C=O) groups is 1.